The number of hydrogen-bond acceptors (Lipinski definition) is 2. The van der Waals surface area contributed by atoms with Crippen LogP contribution in [0.15, 0.2) is 60.7 Å². The predicted molar refractivity (Wildman–Crippen MR) is 82.3 cm³/mol. The number of primary amides is 1. The lowest BCUT2D eigenvalue weighted by molar-refractivity contribution is 0.232. The summed E-state index contributed by atoms with van der Waals surface area (Å²) in [5.41, 5.74) is 6.85. The number of benzene rings is 2. The van der Waals surface area contributed by atoms with Gasteiger partial charge in [-0.15, -0.1) is 0 Å². The van der Waals surface area contributed by atoms with E-state index in [1.165, 1.54) is 4.90 Å². The van der Waals surface area contributed by atoms with Crippen LogP contribution < -0.4 is 5.73 Å². The molecule has 21 heavy (non-hydrogen) atoms. The lowest BCUT2D eigenvalue weighted by atomic mass is 9.73. The quantitative estimate of drug-likeness (QED) is 0.871. The van der Waals surface area contributed by atoms with E-state index < -0.39 is 11.4 Å². The Morgan fingerprint density at radius 2 is 1.48 bits per heavy atom. The molecule has 3 rings (SSSR count). The van der Waals surface area contributed by atoms with Gasteiger partial charge in [0.05, 0.1) is 5.41 Å². The minimum absolute atomic E-state index is 0.257. The van der Waals surface area contributed by atoms with Crippen LogP contribution in [0, 0.1) is 5.41 Å². The smallest absolute Gasteiger partial charge is 0.320 e. The molecule has 1 aliphatic heterocycles. The Bertz CT molecular complexity index is 627. The van der Waals surface area contributed by atoms with Gasteiger partial charge in [0.25, 0.3) is 0 Å². The molecule has 1 heterocycles. The van der Waals surface area contributed by atoms with Crippen LogP contribution in [0.5, 0.6) is 0 Å². The van der Waals surface area contributed by atoms with Crippen LogP contribution in [0.2, 0.25) is 0 Å². The van der Waals surface area contributed by atoms with Crippen molar-refractivity contribution in [1.29, 1.82) is 5.41 Å². The lowest BCUT2D eigenvalue weighted by Gasteiger charge is -2.31. The molecule has 0 saturated carbocycles. The molecule has 1 saturated heterocycles. The number of amidine groups is 1. The maximum absolute atomic E-state index is 11.6. The molecule has 1 aliphatic rings. The summed E-state index contributed by atoms with van der Waals surface area (Å²) >= 11 is 0. The van der Waals surface area contributed by atoms with E-state index in [0.29, 0.717) is 13.0 Å². The molecule has 0 unspecified atom stereocenters. The van der Waals surface area contributed by atoms with E-state index in [0.717, 1.165) is 11.1 Å². The van der Waals surface area contributed by atoms with Crippen LogP contribution in [-0.4, -0.2) is 23.3 Å². The number of carbonyl (C=O) groups is 1. The van der Waals surface area contributed by atoms with Crippen LogP contribution in [0.3, 0.4) is 0 Å². The number of urea groups is 1. The van der Waals surface area contributed by atoms with Gasteiger partial charge in [-0.2, -0.15) is 0 Å². The molecule has 1 fully saturated rings. The first-order valence-electron chi connectivity index (χ1n) is 6.93. The molecule has 0 spiro atoms. The third kappa shape index (κ3) is 2.00. The second-order valence-corrected chi connectivity index (χ2v) is 5.23. The summed E-state index contributed by atoms with van der Waals surface area (Å²) in [6.45, 7) is 0.470. The Morgan fingerprint density at radius 1 is 1.00 bits per heavy atom. The average Bonchev–Trinajstić information content (AvgIpc) is 2.87. The van der Waals surface area contributed by atoms with Crippen molar-refractivity contribution in [1.82, 2.24) is 4.90 Å². The number of carbonyl (C=O) groups excluding carboxylic acids is 1. The number of hydrogen-bond donors (Lipinski definition) is 2. The topological polar surface area (TPSA) is 70.2 Å². The van der Waals surface area contributed by atoms with Gasteiger partial charge in [-0.05, 0) is 17.5 Å². The van der Waals surface area contributed by atoms with E-state index in [-0.39, 0.29) is 5.84 Å². The highest BCUT2D eigenvalue weighted by Gasteiger charge is 2.47. The standard InChI is InChI=1S/C17H17N3O/c18-15-17(11-12-20(15)16(19)21,13-7-3-1-4-8-13)14-9-5-2-6-10-14/h1-10,18H,11-12H2,(H2,19,21). The Morgan fingerprint density at radius 3 is 1.86 bits per heavy atom. The molecule has 2 aromatic rings. The van der Waals surface area contributed by atoms with Gasteiger partial charge >= 0.3 is 6.03 Å². The fourth-order valence-electron chi connectivity index (χ4n) is 3.13. The van der Waals surface area contributed by atoms with Gasteiger partial charge < -0.3 is 5.73 Å². The Labute approximate surface area is 123 Å². The van der Waals surface area contributed by atoms with Gasteiger partial charge in [-0.1, -0.05) is 60.7 Å². The summed E-state index contributed by atoms with van der Waals surface area (Å²) in [5, 5.41) is 8.54. The second kappa shape index (κ2) is 5.05. The van der Waals surface area contributed by atoms with Crippen LogP contribution in [0.25, 0.3) is 0 Å². The summed E-state index contributed by atoms with van der Waals surface area (Å²) in [6, 6.07) is 19.2. The third-order valence-electron chi connectivity index (χ3n) is 4.18. The zero-order valence-corrected chi connectivity index (χ0v) is 11.6. The minimum Gasteiger partial charge on any atom is -0.351 e. The first-order chi connectivity index (χ1) is 10.2. The summed E-state index contributed by atoms with van der Waals surface area (Å²) in [6.07, 6.45) is 0.669. The molecule has 4 nitrogen and oxygen atoms in total. The van der Waals surface area contributed by atoms with Crippen LogP contribution in [-0.2, 0) is 5.41 Å². The first kappa shape index (κ1) is 13.4. The largest absolute Gasteiger partial charge is 0.351 e. The fraction of sp³-hybridized carbons (Fsp3) is 0.176. The lowest BCUT2D eigenvalue weighted by Crippen LogP contribution is -2.43. The van der Waals surface area contributed by atoms with Crippen molar-refractivity contribution in [3.05, 3.63) is 71.8 Å². The molecular formula is C17H17N3O. The van der Waals surface area contributed by atoms with Crippen molar-refractivity contribution in [2.75, 3.05) is 6.54 Å². The average molecular weight is 279 g/mol. The van der Waals surface area contributed by atoms with Gasteiger partial charge in [0.1, 0.15) is 5.84 Å². The van der Waals surface area contributed by atoms with Crippen LogP contribution >= 0.6 is 0 Å². The Hall–Kier alpha value is -2.62. The fourth-order valence-corrected chi connectivity index (χ4v) is 3.13. The van der Waals surface area contributed by atoms with E-state index in [2.05, 4.69) is 0 Å². The van der Waals surface area contributed by atoms with Crippen LogP contribution in [0.4, 0.5) is 4.79 Å². The molecule has 0 aliphatic carbocycles. The first-order valence-corrected chi connectivity index (χ1v) is 6.93. The van der Waals surface area contributed by atoms with Gasteiger partial charge in [-0.3, -0.25) is 10.3 Å². The maximum Gasteiger partial charge on any atom is 0.320 e. The van der Waals surface area contributed by atoms with Crippen molar-refractivity contribution in [2.24, 2.45) is 5.73 Å². The third-order valence-corrected chi connectivity index (χ3v) is 4.18. The van der Waals surface area contributed by atoms with Crippen molar-refractivity contribution in [3.63, 3.8) is 0 Å². The number of nitrogens with two attached hydrogens (primary N) is 1. The maximum atomic E-state index is 11.6. The molecule has 0 atom stereocenters. The van der Waals surface area contributed by atoms with Gasteiger partial charge in [-0.25, -0.2) is 4.79 Å². The summed E-state index contributed by atoms with van der Waals surface area (Å²) in [7, 11) is 0. The van der Waals surface area contributed by atoms with Gasteiger partial charge in [0, 0.05) is 6.54 Å². The normalized spacial score (nSPS) is 17.0. The molecule has 0 aromatic heterocycles. The monoisotopic (exact) mass is 279 g/mol. The molecule has 4 heteroatoms. The molecule has 106 valence electrons. The van der Waals surface area contributed by atoms with E-state index in [1.807, 2.05) is 60.7 Å². The molecule has 2 aromatic carbocycles. The van der Waals surface area contributed by atoms with Crippen LogP contribution in [0.1, 0.15) is 17.5 Å². The molecule has 2 amide bonds. The summed E-state index contributed by atoms with van der Waals surface area (Å²) in [5.74, 6) is 0.257. The zero-order chi connectivity index (χ0) is 14.9. The van der Waals surface area contributed by atoms with Crippen molar-refractivity contribution < 1.29 is 4.79 Å². The van der Waals surface area contributed by atoms with Crippen molar-refractivity contribution in [2.45, 2.75) is 11.8 Å². The summed E-state index contributed by atoms with van der Waals surface area (Å²) in [4.78, 5) is 12.9. The zero-order valence-electron chi connectivity index (χ0n) is 11.6. The SMILES string of the molecule is N=C1N(C(N)=O)CCC1(c1ccccc1)c1ccccc1. The Kier molecular flexibility index (Phi) is 3.22. The van der Waals surface area contributed by atoms with Gasteiger partial charge in [0.2, 0.25) is 0 Å². The molecule has 0 radical (unpaired) electrons. The van der Waals surface area contributed by atoms with Crippen molar-refractivity contribution >= 4 is 11.9 Å². The summed E-state index contributed by atoms with van der Waals surface area (Å²) < 4.78 is 0. The predicted octanol–water partition coefficient (Wildman–Crippen LogP) is 2.73. The van der Waals surface area contributed by atoms with E-state index >= 15 is 0 Å². The molecular weight excluding hydrogens is 262 g/mol. The highest BCUT2D eigenvalue weighted by Crippen LogP contribution is 2.41. The highest BCUT2D eigenvalue weighted by atomic mass is 16.2. The minimum atomic E-state index is -0.600. The highest BCUT2D eigenvalue weighted by molar-refractivity contribution is 6.05. The number of likely N-dealkylation sites (tertiary alicyclic amines) is 1. The van der Waals surface area contributed by atoms with Gasteiger partial charge in [0.15, 0.2) is 0 Å². The second-order valence-electron chi connectivity index (χ2n) is 5.23. The number of nitrogens with one attached hydrogen (secondary N) is 1. The number of amides is 2. The number of rotatable bonds is 2. The van der Waals surface area contributed by atoms with E-state index in [1.54, 1.807) is 0 Å². The van der Waals surface area contributed by atoms with Crippen molar-refractivity contribution in [3.8, 4) is 0 Å². The molecule has 3 N–H and O–H groups in total. The number of nitrogens with zero attached hydrogens (tertiary/aromatic N) is 1. The van der Waals surface area contributed by atoms with E-state index in [9.17, 15) is 4.79 Å². The molecule has 0 bridgehead atoms. The van der Waals surface area contributed by atoms with E-state index in [4.69, 9.17) is 11.1 Å². The Balaban J connectivity index is 2.19.